The highest BCUT2D eigenvalue weighted by molar-refractivity contribution is 5.91. The van der Waals surface area contributed by atoms with Gasteiger partial charge in [0.2, 0.25) is 0 Å². The fourth-order valence-corrected chi connectivity index (χ4v) is 2.82. The molecule has 1 fully saturated rings. The predicted octanol–water partition coefficient (Wildman–Crippen LogP) is 3.11. The second-order valence-electron chi connectivity index (χ2n) is 5.93. The summed E-state index contributed by atoms with van der Waals surface area (Å²) in [6.45, 7) is 2.55. The summed E-state index contributed by atoms with van der Waals surface area (Å²) in [5, 5.41) is 2.51. The zero-order valence-electron chi connectivity index (χ0n) is 12.8. The summed E-state index contributed by atoms with van der Waals surface area (Å²) in [7, 11) is 4.22. The second-order valence-corrected chi connectivity index (χ2v) is 5.93. The van der Waals surface area contributed by atoms with Gasteiger partial charge in [-0.25, -0.2) is 0 Å². The van der Waals surface area contributed by atoms with Gasteiger partial charge >= 0.3 is 0 Å². The Kier molecular flexibility index (Phi) is 4.42. The predicted molar refractivity (Wildman–Crippen MR) is 86.1 cm³/mol. The van der Waals surface area contributed by atoms with E-state index < -0.39 is 0 Å². The number of rotatable bonds is 5. The van der Waals surface area contributed by atoms with E-state index in [2.05, 4.69) is 55.4 Å². The van der Waals surface area contributed by atoms with E-state index in [1.807, 2.05) is 0 Å². The molecule has 0 N–H and O–H groups in total. The van der Waals surface area contributed by atoms with Crippen LogP contribution in [0.4, 0.5) is 0 Å². The van der Waals surface area contributed by atoms with Gasteiger partial charge < -0.3 is 14.4 Å². The lowest BCUT2D eigenvalue weighted by molar-refractivity contribution is 0.142. The Balaban J connectivity index is 1.94. The SMILES string of the molecule is CN(C)CCc1cccc2cccc(O[C@H]3CCOC3)c12. The Morgan fingerprint density at radius 2 is 2.00 bits per heavy atom. The molecule has 21 heavy (non-hydrogen) atoms. The molecule has 3 heteroatoms. The molecule has 3 nitrogen and oxygen atoms in total. The molecule has 0 radical (unpaired) electrons. The van der Waals surface area contributed by atoms with E-state index in [0.717, 1.165) is 31.7 Å². The zero-order valence-corrected chi connectivity index (χ0v) is 12.8. The standard InChI is InChI=1S/C18H23NO2/c1-19(2)11-9-15-6-3-5-14-7-4-8-17(18(14)15)21-16-10-12-20-13-16/h3-8,16H,9-13H2,1-2H3/t16-/m0/s1. The van der Waals surface area contributed by atoms with Crippen molar-refractivity contribution < 1.29 is 9.47 Å². The average molecular weight is 285 g/mol. The van der Waals surface area contributed by atoms with Crippen LogP contribution < -0.4 is 4.74 Å². The average Bonchev–Trinajstić information content (AvgIpc) is 2.98. The normalized spacial score (nSPS) is 18.5. The van der Waals surface area contributed by atoms with E-state index in [1.165, 1.54) is 16.3 Å². The van der Waals surface area contributed by atoms with Crippen LogP contribution in [0.1, 0.15) is 12.0 Å². The Morgan fingerprint density at radius 3 is 2.71 bits per heavy atom. The van der Waals surface area contributed by atoms with E-state index in [0.29, 0.717) is 6.61 Å². The first kappa shape index (κ1) is 14.4. The van der Waals surface area contributed by atoms with Gasteiger partial charge in [-0.1, -0.05) is 30.3 Å². The lowest BCUT2D eigenvalue weighted by Crippen LogP contribution is -2.17. The monoisotopic (exact) mass is 285 g/mol. The van der Waals surface area contributed by atoms with Gasteiger partial charge in [0, 0.05) is 18.4 Å². The smallest absolute Gasteiger partial charge is 0.127 e. The maximum absolute atomic E-state index is 6.20. The van der Waals surface area contributed by atoms with Crippen molar-refractivity contribution in [3.63, 3.8) is 0 Å². The largest absolute Gasteiger partial charge is 0.487 e. The van der Waals surface area contributed by atoms with Crippen LogP contribution in [0.3, 0.4) is 0 Å². The van der Waals surface area contributed by atoms with Crippen molar-refractivity contribution in [2.45, 2.75) is 18.9 Å². The Morgan fingerprint density at radius 1 is 1.19 bits per heavy atom. The minimum Gasteiger partial charge on any atom is -0.487 e. The van der Waals surface area contributed by atoms with Gasteiger partial charge in [-0.2, -0.15) is 0 Å². The minimum atomic E-state index is 0.192. The Hall–Kier alpha value is -1.58. The molecular formula is C18H23NO2. The van der Waals surface area contributed by atoms with Gasteiger partial charge in [-0.15, -0.1) is 0 Å². The molecule has 0 spiro atoms. The number of ether oxygens (including phenoxy) is 2. The fourth-order valence-electron chi connectivity index (χ4n) is 2.82. The molecule has 0 bridgehead atoms. The lowest BCUT2D eigenvalue weighted by atomic mass is 10.0. The quantitative estimate of drug-likeness (QED) is 0.842. The highest BCUT2D eigenvalue weighted by atomic mass is 16.5. The third kappa shape index (κ3) is 3.36. The second kappa shape index (κ2) is 6.46. The molecule has 1 atom stereocenters. The number of hydrogen-bond donors (Lipinski definition) is 0. The molecule has 0 aromatic heterocycles. The number of likely N-dealkylation sites (N-methyl/N-ethyl adjacent to an activating group) is 1. The summed E-state index contributed by atoms with van der Waals surface area (Å²) in [5.74, 6) is 0.998. The zero-order chi connectivity index (χ0) is 14.7. The highest BCUT2D eigenvalue weighted by Crippen LogP contribution is 2.31. The van der Waals surface area contributed by atoms with Crippen molar-refractivity contribution >= 4 is 10.8 Å². The molecule has 3 rings (SSSR count). The third-order valence-electron chi connectivity index (χ3n) is 3.96. The van der Waals surface area contributed by atoms with E-state index in [-0.39, 0.29) is 6.10 Å². The van der Waals surface area contributed by atoms with E-state index in [4.69, 9.17) is 9.47 Å². The molecular weight excluding hydrogens is 262 g/mol. The van der Waals surface area contributed by atoms with Crippen LogP contribution in [0.15, 0.2) is 36.4 Å². The fraction of sp³-hybridized carbons (Fsp3) is 0.444. The number of nitrogens with zero attached hydrogens (tertiary/aromatic N) is 1. The molecule has 112 valence electrons. The summed E-state index contributed by atoms with van der Waals surface area (Å²) in [4.78, 5) is 2.22. The van der Waals surface area contributed by atoms with Gasteiger partial charge in [0.05, 0.1) is 13.2 Å². The van der Waals surface area contributed by atoms with Crippen molar-refractivity contribution in [2.75, 3.05) is 33.9 Å². The van der Waals surface area contributed by atoms with Crippen LogP contribution in [0, 0.1) is 0 Å². The van der Waals surface area contributed by atoms with Gasteiger partial charge in [0.15, 0.2) is 0 Å². The first-order valence-electron chi connectivity index (χ1n) is 7.64. The van der Waals surface area contributed by atoms with Crippen molar-refractivity contribution in [3.05, 3.63) is 42.0 Å². The van der Waals surface area contributed by atoms with Crippen LogP contribution in [0.2, 0.25) is 0 Å². The molecule has 2 aromatic rings. The maximum atomic E-state index is 6.20. The van der Waals surface area contributed by atoms with Gasteiger partial charge in [0.25, 0.3) is 0 Å². The van der Waals surface area contributed by atoms with Crippen LogP contribution in [-0.4, -0.2) is 44.9 Å². The number of benzene rings is 2. The highest BCUT2D eigenvalue weighted by Gasteiger charge is 2.18. The molecule has 2 aromatic carbocycles. The molecule has 1 aliphatic heterocycles. The topological polar surface area (TPSA) is 21.7 Å². The molecule has 0 saturated carbocycles. The summed E-state index contributed by atoms with van der Waals surface area (Å²) in [6, 6.07) is 12.8. The summed E-state index contributed by atoms with van der Waals surface area (Å²) >= 11 is 0. The van der Waals surface area contributed by atoms with E-state index in [9.17, 15) is 0 Å². The van der Waals surface area contributed by atoms with Gasteiger partial charge in [-0.05, 0) is 37.5 Å². The van der Waals surface area contributed by atoms with Crippen molar-refractivity contribution in [2.24, 2.45) is 0 Å². The van der Waals surface area contributed by atoms with Crippen molar-refractivity contribution in [1.29, 1.82) is 0 Å². The van der Waals surface area contributed by atoms with Gasteiger partial charge in [0.1, 0.15) is 11.9 Å². The van der Waals surface area contributed by atoms with E-state index >= 15 is 0 Å². The molecule has 0 amide bonds. The molecule has 0 aliphatic carbocycles. The van der Waals surface area contributed by atoms with Crippen molar-refractivity contribution in [1.82, 2.24) is 4.90 Å². The number of hydrogen-bond acceptors (Lipinski definition) is 3. The molecule has 1 saturated heterocycles. The first-order valence-corrected chi connectivity index (χ1v) is 7.64. The minimum absolute atomic E-state index is 0.192. The summed E-state index contributed by atoms with van der Waals surface area (Å²) in [5.41, 5.74) is 1.36. The summed E-state index contributed by atoms with van der Waals surface area (Å²) < 4.78 is 11.6. The first-order chi connectivity index (χ1) is 10.2. The van der Waals surface area contributed by atoms with E-state index in [1.54, 1.807) is 0 Å². The Labute approximate surface area is 126 Å². The number of fused-ring (bicyclic) bond motifs is 1. The van der Waals surface area contributed by atoms with Crippen molar-refractivity contribution in [3.8, 4) is 5.75 Å². The van der Waals surface area contributed by atoms with Crippen LogP contribution in [0.5, 0.6) is 5.75 Å². The lowest BCUT2D eigenvalue weighted by Gasteiger charge is -2.17. The third-order valence-corrected chi connectivity index (χ3v) is 3.96. The Bertz CT molecular complexity index is 598. The van der Waals surface area contributed by atoms with Gasteiger partial charge in [-0.3, -0.25) is 0 Å². The van der Waals surface area contributed by atoms with Crippen LogP contribution in [-0.2, 0) is 11.2 Å². The molecule has 1 heterocycles. The summed E-state index contributed by atoms with van der Waals surface area (Å²) in [6.07, 6.45) is 2.21. The van der Waals surface area contributed by atoms with Crippen LogP contribution >= 0.6 is 0 Å². The molecule has 0 unspecified atom stereocenters. The maximum Gasteiger partial charge on any atom is 0.127 e. The van der Waals surface area contributed by atoms with Crippen LogP contribution in [0.25, 0.3) is 10.8 Å². The molecule has 1 aliphatic rings.